The molecule has 1 aromatic carbocycles. The topological polar surface area (TPSA) is 138 Å². The molecule has 0 fully saturated rings. The predicted octanol–water partition coefficient (Wildman–Crippen LogP) is 0.262. The minimum absolute atomic E-state index is 0.00752. The third-order valence-corrected chi connectivity index (χ3v) is 5.07. The van der Waals surface area contributed by atoms with Crippen molar-refractivity contribution in [2.45, 2.75) is 30.7 Å². The van der Waals surface area contributed by atoms with E-state index in [1.165, 1.54) is 12.1 Å². The highest BCUT2D eigenvalue weighted by Crippen LogP contribution is 2.17. The zero-order chi connectivity index (χ0) is 17.6. The molecule has 128 valence electrons. The molecule has 0 saturated heterocycles. The molecule has 0 radical (unpaired) electrons. The van der Waals surface area contributed by atoms with Gasteiger partial charge in [0.05, 0.1) is 4.90 Å². The van der Waals surface area contributed by atoms with Gasteiger partial charge in [0.2, 0.25) is 10.0 Å². The van der Waals surface area contributed by atoms with Gasteiger partial charge < -0.3 is 15.9 Å². The van der Waals surface area contributed by atoms with E-state index < -0.39 is 34.5 Å². The van der Waals surface area contributed by atoms with Gasteiger partial charge in [-0.05, 0) is 31.9 Å². The van der Waals surface area contributed by atoms with Crippen molar-refractivity contribution in [3.63, 3.8) is 0 Å². The Bertz CT molecular complexity index is 656. The molecule has 0 bridgehead atoms. The Kier molecular flexibility index (Phi) is 6.67. The Labute approximate surface area is 134 Å². The van der Waals surface area contributed by atoms with E-state index >= 15 is 0 Å². The fourth-order valence-electron chi connectivity index (χ4n) is 1.91. The summed E-state index contributed by atoms with van der Waals surface area (Å²) in [7, 11) is -3.97. The number of carbonyl (C=O) groups is 2. The lowest BCUT2D eigenvalue weighted by atomic mass is 10.2. The van der Waals surface area contributed by atoms with Crippen molar-refractivity contribution in [3.8, 4) is 0 Å². The maximum Gasteiger partial charge on any atom is 0.320 e. The van der Waals surface area contributed by atoms with Gasteiger partial charge >= 0.3 is 11.9 Å². The van der Waals surface area contributed by atoms with Crippen molar-refractivity contribution >= 4 is 22.0 Å². The van der Waals surface area contributed by atoms with Crippen LogP contribution < -0.4 is 5.73 Å². The first-order valence-electron chi connectivity index (χ1n) is 6.91. The minimum atomic E-state index is -3.97. The van der Waals surface area contributed by atoms with Gasteiger partial charge in [-0.25, -0.2) is 8.42 Å². The Morgan fingerprint density at radius 1 is 1.22 bits per heavy atom. The van der Waals surface area contributed by atoms with Crippen LogP contribution in [0, 0.1) is 6.92 Å². The molecule has 1 atom stereocenters. The fraction of sp³-hybridized carbons (Fsp3) is 0.429. The molecule has 0 aliphatic carbocycles. The summed E-state index contributed by atoms with van der Waals surface area (Å²) in [5, 5.41) is 17.6. The molecule has 8 nitrogen and oxygen atoms in total. The highest BCUT2D eigenvalue weighted by atomic mass is 32.2. The Hall–Kier alpha value is -1.97. The van der Waals surface area contributed by atoms with Crippen LogP contribution in [0.3, 0.4) is 0 Å². The zero-order valence-corrected chi connectivity index (χ0v) is 13.5. The third kappa shape index (κ3) is 5.62. The molecule has 23 heavy (non-hydrogen) atoms. The van der Waals surface area contributed by atoms with Crippen LogP contribution in [-0.4, -0.2) is 54.0 Å². The van der Waals surface area contributed by atoms with Gasteiger partial charge in [-0.1, -0.05) is 17.7 Å². The summed E-state index contributed by atoms with van der Waals surface area (Å²) in [6.07, 6.45) is 0.195. The summed E-state index contributed by atoms with van der Waals surface area (Å²) in [6.45, 7) is 0.987. The number of nitrogens with two attached hydrogens (primary N) is 1. The standard InChI is InChI=1S/C14H20N2O6S/c1-10-4-6-11(7-5-10)23(21,22)16(9-13(17)18)8-2-3-12(15)14(19)20/h4-7,12H,2-3,8-9,15H2,1H3,(H,17,18)(H,19,20)/t12-/m0/s1. The second-order valence-electron chi connectivity index (χ2n) is 5.13. The first-order chi connectivity index (χ1) is 10.6. The summed E-state index contributed by atoms with van der Waals surface area (Å²) in [6, 6.07) is 4.94. The normalized spacial score (nSPS) is 13.0. The van der Waals surface area contributed by atoms with E-state index in [9.17, 15) is 18.0 Å². The average Bonchev–Trinajstić information content (AvgIpc) is 2.45. The Morgan fingerprint density at radius 3 is 2.26 bits per heavy atom. The maximum atomic E-state index is 12.5. The van der Waals surface area contributed by atoms with E-state index in [0.29, 0.717) is 0 Å². The number of carboxylic acids is 2. The average molecular weight is 344 g/mol. The number of aliphatic carboxylic acids is 2. The third-order valence-electron chi connectivity index (χ3n) is 3.21. The molecule has 1 rings (SSSR count). The number of benzene rings is 1. The van der Waals surface area contributed by atoms with Gasteiger partial charge in [-0.3, -0.25) is 9.59 Å². The summed E-state index contributed by atoms with van der Waals surface area (Å²) < 4.78 is 25.8. The highest BCUT2D eigenvalue weighted by Gasteiger charge is 2.26. The second kappa shape index (κ2) is 8.04. The number of aryl methyl sites for hydroxylation is 1. The van der Waals surface area contributed by atoms with E-state index in [1.807, 2.05) is 0 Å². The Balaban J connectivity index is 2.89. The van der Waals surface area contributed by atoms with Crippen LogP contribution in [0.25, 0.3) is 0 Å². The molecule has 0 aliphatic heterocycles. The lowest BCUT2D eigenvalue weighted by Gasteiger charge is -2.21. The quantitative estimate of drug-likeness (QED) is 0.584. The first-order valence-corrected chi connectivity index (χ1v) is 8.35. The maximum absolute atomic E-state index is 12.5. The van der Waals surface area contributed by atoms with Crippen LogP contribution in [0.1, 0.15) is 18.4 Å². The van der Waals surface area contributed by atoms with Gasteiger partial charge in [0.25, 0.3) is 0 Å². The summed E-state index contributed by atoms with van der Waals surface area (Å²) >= 11 is 0. The van der Waals surface area contributed by atoms with Gasteiger partial charge in [-0.2, -0.15) is 4.31 Å². The number of nitrogens with zero attached hydrogens (tertiary/aromatic N) is 1. The van der Waals surface area contributed by atoms with Crippen molar-refractivity contribution in [1.29, 1.82) is 0 Å². The monoisotopic (exact) mass is 344 g/mol. The zero-order valence-electron chi connectivity index (χ0n) is 12.7. The SMILES string of the molecule is Cc1ccc(S(=O)(=O)N(CCC[C@H](N)C(=O)O)CC(=O)O)cc1. The van der Waals surface area contributed by atoms with Gasteiger partial charge in [0.15, 0.2) is 0 Å². The molecular weight excluding hydrogens is 324 g/mol. The lowest BCUT2D eigenvalue weighted by Crippen LogP contribution is -2.37. The molecule has 0 heterocycles. The molecule has 0 aromatic heterocycles. The van der Waals surface area contributed by atoms with Crippen molar-refractivity contribution < 1.29 is 28.2 Å². The van der Waals surface area contributed by atoms with E-state index in [1.54, 1.807) is 19.1 Å². The van der Waals surface area contributed by atoms with Crippen molar-refractivity contribution in [2.75, 3.05) is 13.1 Å². The Morgan fingerprint density at radius 2 is 1.78 bits per heavy atom. The number of sulfonamides is 1. The molecule has 0 spiro atoms. The molecule has 4 N–H and O–H groups in total. The fourth-order valence-corrected chi connectivity index (χ4v) is 3.33. The van der Waals surface area contributed by atoms with Crippen LogP contribution in [0.15, 0.2) is 29.2 Å². The molecule has 1 aromatic rings. The molecule has 9 heteroatoms. The van der Waals surface area contributed by atoms with E-state index in [-0.39, 0.29) is 24.3 Å². The predicted molar refractivity (Wildman–Crippen MR) is 82.4 cm³/mol. The van der Waals surface area contributed by atoms with Gasteiger partial charge in [0, 0.05) is 6.54 Å². The van der Waals surface area contributed by atoms with E-state index in [2.05, 4.69) is 0 Å². The van der Waals surface area contributed by atoms with Crippen molar-refractivity contribution in [3.05, 3.63) is 29.8 Å². The summed E-state index contributed by atoms with van der Waals surface area (Å²) in [5.41, 5.74) is 6.23. The smallest absolute Gasteiger partial charge is 0.320 e. The molecular formula is C14H20N2O6S. The van der Waals surface area contributed by atoms with Gasteiger partial charge in [-0.15, -0.1) is 0 Å². The lowest BCUT2D eigenvalue weighted by molar-refractivity contribution is -0.139. The molecule has 0 amide bonds. The van der Waals surface area contributed by atoms with Crippen molar-refractivity contribution in [2.24, 2.45) is 5.73 Å². The largest absolute Gasteiger partial charge is 0.480 e. The minimum Gasteiger partial charge on any atom is -0.480 e. The molecule has 0 saturated carbocycles. The van der Waals surface area contributed by atoms with Crippen molar-refractivity contribution in [1.82, 2.24) is 4.31 Å². The van der Waals surface area contributed by atoms with Crippen LogP contribution in [0.2, 0.25) is 0 Å². The summed E-state index contributed by atoms with van der Waals surface area (Å²) in [5.74, 6) is -2.47. The van der Waals surface area contributed by atoms with E-state index in [4.69, 9.17) is 15.9 Å². The second-order valence-corrected chi connectivity index (χ2v) is 7.07. The van der Waals surface area contributed by atoms with Crippen LogP contribution >= 0.6 is 0 Å². The number of hydrogen-bond donors (Lipinski definition) is 3. The number of carboxylic acid groups (broad SMARTS) is 2. The number of rotatable bonds is 9. The van der Waals surface area contributed by atoms with Crippen LogP contribution in [-0.2, 0) is 19.6 Å². The van der Waals surface area contributed by atoms with Crippen LogP contribution in [0.4, 0.5) is 0 Å². The van der Waals surface area contributed by atoms with Crippen LogP contribution in [0.5, 0.6) is 0 Å². The molecule has 0 aliphatic rings. The van der Waals surface area contributed by atoms with E-state index in [0.717, 1.165) is 9.87 Å². The summed E-state index contributed by atoms with van der Waals surface area (Å²) in [4.78, 5) is 21.6. The first kappa shape index (κ1) is 19.1. The highest BCUT2D eigenvalue weighted by molar-refractivity contribution is 7.89. The van der Waals surface area contributed by atoms with Gasteiger partial charge in [0.1, 0.15) is 12.6 Å². The number of hydrogen-bond acceptors (Lipinski definition) is 5. The molecule has 0 unspecified atom stereocenters.